The number of rotatable bonds is 10. The number of Topliss-reactive ketones (excluding diaryl/α,β-unsaturated/α-hetero) is 1. The highest BCUT2D eigenvalue weighted by atomic mass is 32.1. The van der Waals surface area contributed by atoms with E-state index in [4.69, 9.17) is 14.5 Å². The van der Waals surface area contributed by atoms with Crippen LogP contribution in [-0.2, 0) is 9.59 Å². The Labute approximate surface area is 244 Å². The average molecular weight is 571 g/mol. The summed E-state index contributed by atoms with van der Waals surface area (Å²) in [6.07, 6.45) is 3.08. The lowest BCUT2D eigenvalue weighted by Crippen LogP contribution is -2.29. The molecule has 5 rings (SSSR count). The van der Waals surface area contributed by atoms with E-state index in [0.717, 1.165) is 40.6 Å². The van der Waals surface area contributed by atoms with Crippen LogP contribution in [0.2, 0.25) is 0 Å². The Kier molecular flexibility index (Phi) is 8.40. The summed E-state index contributed by atoms with van der Waals surface area (Å²) in [5.74, 6) is -0.621. The molecule has 3 aromatic carbocycles. The van der Waals surface area contributed by atoms with E-state index in [2.05, 4.69) is 6.92 Å². The molecule has 1 aromatic heterocycles. The monoisotopic (exact) mass is 570 g/mol. The molecule has 0 bridgehead atoms. The largest absolute Gasteiger partial charge is 0.507 e. The van der Waals surface area contributed by atoms with Crippen LogP contribution < -0.4 is 14.4 Å². The Bertz CT molecular complexity index is 1620. The van der Waals surface area contributed by atoms with Gasteiger partial charge in [-0.15, -0.1) is 0 Å². The summed E-state index contributed by atoms with van der Waals surface area (Å²) in [5.41, 5.74) is 3.90. The number of hydrogen-bond acceptors (Lipinski definition) is 7. The lowest BCUT2D eigenvalue weighted by atomic mass is 9.95. The van der Waals surface area contributed by atoms with Crippen molar-refractivity contribution in [1.82, 2.24) is 4.98 Å². The Morgan fingerprint density at radius 1 is 0.927 bits per heavy atom. The number of aliphatic hydroxyl groups is 1. The number of ketones is 1. The van der Waals surface area contributed by atoms with Gasteiger partial charge in [-0.3, -0.25) is 14.5 Å². The number of hydrogen-bond donors (Lipinski definition) is 1. The number of benzene rings is 3. The first-order valence-electron chi connectivity index (χ1n) is 14.0. The molecule has 1 N–H and O–H groups in total. The summed E-state index contributed by atoms with van der Waals surface area (Å²) in [4.78, 5) is 33.4. The van der Waals surface area contributed by atoms with Gasteiger partial charge in [0.2, 0.25) is 0 Å². The van der Waals surface area contributed by atoms with Gasteiger partial charge in [0.1, 0.15) is 5.76 Å². The van der Waals surface area contributed by atoms with Gasteiger partial charge in [-0.25, -0.2) is 4.98 Å². The Balaban J connectivity index is 1.66. The third-order valence-electron chi connectivity index (χ3n) is 7.10. The summed E-state index contributed by atoms with van der Waals surface area (Å²) >= 11 is 1.34. The highest BCUT2D eigenvalue weighted by molar-refractivity contribution is 7.22. The van der Waals surface area contributed by atoms with Crippen molar-refractivity contribution in [2.24, 2.45) is 0 Å². The van der Waals surface area contributed by atoms with Crippen molar-refractivity contribution in [1.29, 1.82) is 0 Å². The SMILES string of the molecule is CCCCCOc1ccc(C2/C(=C(\O)c3ccc(C)cc3)C(=O)C(=O)N2c2nc3ccc(C)cc3s2)cc1OCC. The minimum Gasteiger partial charge on any atom is -0.507 e. The lowest BCUT2D eigenvalue weighted by molar-refractivity contribution is -0.132. The summed E-state index contributed by atoms with van der Waals surface area (Å²) in [6.45, 7) is 8.94. The molecule has 4 aromatic rings. The number of carbonyl (C=O) groups is 2. The number of thiazole rings is 1. The van der Waals surface area contributed by atoms with Crippen LogP contribution in [-0.4, -0.2) is 35.0 Å². The third-order valence-corrected chi connectivity index (χ3v) is 8.11. The second kappa shape index (κ2) is 12.1. The molecule has 1 aliphatic rings. The Hall–Kier alpha value is -4.17. The maximum absolute atomic E-state index is 13.7. The predicted octanol–water partition coefficient (Wildman–Crippen LogP) is 7.51. The van der Waals surface area contributed by atoms with E-state index in [0.29, 0.717) is 41.0 Å². The zero-order valence-corrected chi connectivity index (χ0v) is 24.6. The highest BCUT2D eigenvalue weighted by Gasteiger charge is 2.48. The first-order chi connectivity index (χ1) is 19.8. The zero-order valence-electron chi connectivity index (χ0n) is 23.8. The number of fused-ring (bicyclic) bond motifs is 1. The van der Waals surface area contributed by atoms with Crippen molar-refractivity contribution < 1.29 is 24.2 Å². The number of aliphatic hydroxyl groups excluding tert-OH is 1. The normalized spacial score (nSPS) is 16.5. The molecule has 8 heteroatoms. The molecule has 1 saturated heterocycles. The molecule has 1 amide bonds. The van der Waals surface area contributed by atoms with E-state index < -0.39 is 17.7 Å². The number of anilines is 1. The fourth-order valence-corrected chi connectivity index (χ4v) is 6.04. The van der Waals surface area contributed by atoms with Crippen LogP contribution in [0.25, 0.3) is 16.0 Å². The number of aryl methyl sites for hydroxylation is 2. The number of carbonyl (C=O) groups excluding carboxylic acids is 2. The molecule has 0 radical (unpaired) electrons. The molecule has 0 spiro atoms. The van der Waals surface area contributed by atoms with Gasteiger partial charge in [-0.2, -0.15) is 0 Å². The third kappa shape index (κ3) is 5.70. The van der Waals surface area contributed by atoms with Crippen LogP contribution in [0.4, 0.5) is 5.13 Å². The van der Waals surface area contributed by atoms with Gasteiger partial charge < -0.3 is 14.6 Å². The van der Waals surface area contributed by atoms with E-state index in [1.165, 1.54) is 16.2 Å². The number of amides is 1. The minimum absolute atomic E-state index is 0.00773. The second-order valence-corrected chi connectivity index (χ2v) is 11.2. The smallest absolute Gasteiger partial charge is 0.301 e. The average Bonchev–Trinajstić information content (AvgIpc) is 3.49. The molecule has 0 aliphatic carbocycles. The molecule has 1 atom stereocenters. The maximum atomic E-state index is 13.7. The molecule has 212 valence electrons. The fraction of sp³-hybridized carbons (Fsp3) is 0.303. The van der Waals surface area contributed by atoms with E-state index >= 15 is 0 Å². The number of nitrogens with zero attached hydrogens (tertiary/aromatic N) is 2. The van der Waals surface area contributed by atoms with Crippen LogP contribution in [0, 0.1) is 13.8 Å². The maximum Gasteiger partial charge on any atom is 0.301 e. The van der Waals surface area contributed by atoms with Gasteiger partial charge in [0.25, 0.3) is 5.78 Å². The quantitative estimate of drug-likeness (QED) is 0.0919. The zero-order chi connectivity index (χ0) is 29.1. The number of unbranched alkanes of at least 4 members (excludes halogenated alkanes) is 2. The summed E-state index contributed by atoms with van der Waals surface area (Å²) < 4.78 is 12.9. The Morgan fingerprint density at radius 2 is 1.68 bits per heavy atom. The van der Waals surface area contributed by atoms with Gasteiger partial charge in [0.15, 0.2) is 16.6 Å². The van der Waals surface area contributed by atoms with Gasteiger partial charge in [0.05, 0.1) is 35.0 Å². The van der Waals surface area contributed by atoms with Gasteiger partial charge in [-0.1, -0.05) is 73.1 Å². The summed E-state index contributed by atoms with van der Waals surface area (Å²) in [6, 6.07) is 17.6. The van der Waals surface area contributed by atoms with Gasteiger partial charge in [0, 0.05) is 5.56 Å². The van der Waals surface area contributed by atoms with Crippen LogP contribution >= 0.6 is 11.3 Å². The molecule has 2 heterocycles. The van der Waals surface area contributed by atoms with Crippen molar-refractivity contribution in [3.63, 3.8) is 0 Å². The van der Waals surface area contributed by atoms with Crippen LogP contribution in [0.3, 0.4) is 0 Å². The Morgan fingerprint density at radius 3 is 2.41 bits per heavy atom. The molecular weight excluding hydrogens is 536 g/mol. The number of aromatic nitrogens is 1. The molecule has 1 unspecified atom stereocenters. The van der Waals surface area contributed by atoms with Gasteiger partial charge >= 0.3 is 5.91 Å². The van der Waals surface area contributed by atoms with Crippen molar-refractivity contribution in [3.05, 3.63) is 88.5 Å². The summed E-state index contributed by atoms with van der Waals surface area (Å²) in [7, 11) is 0. The van der Waals surface area contributed by atoms with Crippen LogP contribution in [0.5, 0.6) is 11.5 Å². The molecule has 41 heavy (non-hydrogen) atoms. The van der Waals surface area contributed by atoms with Crippen molar-refractivity contribution >= 4 is 44.1 Å². The summed E-state index contributed by atoms with van der Waals surface area (Å²) in [5, 5.41) is 11.9. The predicted molar refractivity (Wildman–Crippen MR) is 163 cm³/mol. The molecule has 7 nitrogen and oxygen atoms in total. The van der Waals surface area contributed by atoms with E-state index in [1.54, 1.807) is 24.3 Å². The molecular formula is C33H34N2O5S. The van der Waals surface area contributed by atoms with Crippen molar-refractivity contribution in [2.45, 2.75) is 53.0 Å². The van der Waals surface area contributed by atoms with Crippen LogP contribution in [0.1, 0.15) is 61.4 Å². The highest BCUT2D eigenvalue weighted by Crippen LogP contribution is 2.46. The van der Waals surface area contributed by atoms with Crippen LogP contribution in [0.15, 0.2) is 66.2 Å². The molecule has 1 aliphatic heterocycles. The first kappa shape index (κ1) is 28.4. The minimum atomic E-state index is -0.911. The fourth-order valence-electron chi connectivity index (χ4n) is 4.95. The topological polar surface area (TPSA) is 89.0 Å². The standard InChI is InChI=1S/C33H34N2O5S/c1-5-7-8-17-40-25-16-14-23(19-26(25)39-6-2)29-28(30(36)22-12-9-20(3)10-13-22)31(37)32(38)35(29)33-34-24-15-11-21(4)18-27(24)41-33/h9-16,18-19,29,36H,5-8,17H2,1-4H3/b30-28+. The van der Waals surface area contributed by atoms with Crippen molar-refractivity contribution in [2.75, 3.05) is 18.1 Å². The number of ether oxygens (including phenoxy) is 2. The van der Waals surface area contributed by atoms with E-state index in [9.17, 15) is 14.7 Å². The molecule has 1 fully saturated rings. The first-order valence-corrected chi connectivity index (χ1v) is 14.8. The van der Waals surface area contributed by atoms with Crippen molar-refractivity contribution in [3.8, 4) is 11.5 Å². The lowest BCUT2D eigenvalue weighted by Gasteiger charge is -2.24. The van der Waals surface area contributed by atoms with Gasteiger partial charge in [-0.05, 0) is 62.6 Å². The molecule has 0 saturated carbocycles. The van der Waals surface area contributed by atoms with E-state index in [-0.39, 0.29) is 11.3 Å². The second-order valence-electron chi connectivity index (χ2n) is 10.2. The van der Waals surface area contributed by atoms with E-state index in [1.807, 2.05) is 57.2 Å².